The molecule has 1 atom stereocenters. The van der Waals surface area contributed by atoms with Crippen molar-refractivity contribution >= 4 is 23.4 Å². The van der Waals surface area contributed by atoms with E-state index in [0.29, 0.717) is 37.6 Å². The van der Waals surface area contributed by atoms with E-state index in [2.05, 4.69) is 5.32 Å². The van der Waals surface area contributed by atoms with Crippen molar-refractivity contribution in [3.63, 3.8) is 0 Å². The van der Waals surface area contributed by atoms with E-state index >= 15 is 0 Å². The molecular weight excluding hydrogens is 304 g/mol. The van der Waals surface area contributed by atoms with Gasteiger partial charge in [-0.25, -0.2) is 0 Å². The number of likely N-dealkylation sites (tertiary alicyclic amines) is 1. The maximum absolute atomic E-state index is 12.5. The highest BCUT2D eigenvalue weighted by Crippen LogP contribution is 2.32. The van der Waals surface area contributed by atoms with Crippen LogP contribution in [0.5, 0.6) is 0 Å². The largest absolute Gasteiger partial charge is 0.383 e. The number of hydrogen-bond acceptors (Lipinski definition) is 3. The Morgan fingerprint density at radius 3 is 2.73 bits per heavy atom. The third-order valence-electron chi connectivity index (χ3n) is 4.06. The molecule has 120 valence electrons. The third-order valence-corrected chi connectivity index (χ3v) is 4.31. The van der Waals surface area contributed by atoms with Gasteiger partial charge >= 0.3 is 0 Å². The minimum absolute atomic E-state index is 0.000610. The second kappa shape index (κ2) is 7.11. The Labute approximate surface area is 135 Å². The van der Waals surface area contributed by atoms with Crippen LogP contribution in [0.3, 0.4) is 0 Å². The van der Waals surface area contributed by atoms with E-state index in [1.807, 2.05) is 19.1 Å². The predicted molar refractivity (Wildman–Crippen MR) is 84.5 cm³/mol. The summed E-state index contributed by atoms with van der Waals surface area (Å²) in [5, 5.41) is 3.48. The maximum Gasteiger partial charge on any atom is 0.245 e. The minimum Gasteiger partial charge on any atom is -0.383 e. The van der Waals surface area contributed by atoms with E-state index in [9.17, 15) is 9.59 Å². The minimum atomic E-state index is -0.815. The molecule has 1 aromatic carbocycles. The van der Waals surface area contributed by atoms with Gasteiger partial charge in [0.25, 0.3) is 0 Å². The van der Waals surface area contributed by atoms with Gasteiger partial charge < -0.3 is 15.0 Å². The molecule has 22 heavy (non-hydrogen) atoms. The predicted octanol–water partition coefficient (Wildman–Crippen LogP) is 1.98. The number of benzene rings is 1. The van der Waals surface area contributed by atoms with Gasteiger partial charge in [-0.1, -0.05) is 23.7 Å². The number of rotatable bonds is 6. The zero-order valence-electron chi connectivity index (χ0n) is 12.9. The second-order valence-corrected chi connectivity index (χ2v) is 6.07. The number of nitrogens with one attached hydrogen (secondary N) is 1. The highest BCUT2D eigenvalue weighted by atomic mass is 35.5. The van der Waals surface area contributed by atoms with E-state index < -0.39 is 5.54 Å². The Hall–Kier alpha value is -1.59. The summed E-state index contributed by atoms with van der Waals surface area (Å²) in [5.74, 6) is -0.135. The molecule has 0 aromatic heterocycles. The zero-order chi connectivity index (χ0) is 16.2. The number of halogens is 1. The van der Waals surface area contributed by atoms with Crippen LogP contribution in [-0.2, 0) is 20.9 Å². The number of nitrogens with zero attached hydrogens (tertiary/aromatic N) is 1. The normalized spacial score (nSPS) is 21.2. The SMILES string of the molecule is COCCNC(=O)C1(C)CCC(=O)N1Cc1ccc(Cl)cc1. The van der Waals surface area contributed by atoms with Crippen molar-refractivity contribution in [1.82, 2.24) is 10.2 Å². The molecule has 0 saturated carbocycles. The van der Waals surface area contributed by atoms with Crippen molar-refractivity contribution in [2.24, 2.45) is 0 Å². The average molecular weight is 325 g/mol. The summed E-state index contributed by atoms with van der Waals surface area (Å²) in [4.78, 5) is 26.3. The number of hydrogen-bond donors (Lipinski definition) is 1. The van der Waals surface area contributed by atoms with Crippen LogP contribution < -0.4 is 5.32 Å². The topological polar surface area (TPSA) is 58.6 Å². The van der Waals surface area contributed by atoms with Crippen molar-refractivity contribution in [3.8, 4) is 0 Å². The average Bonchev–Trinajstić information content (AvgIpc) is 2.79. The van der Waals surface area contributed by atoms with Crippen LogP contribution in [0.2, 0.25) is 5.02 Å². The van der Waals surface area contributed by atoms with Crippen LogP contribution in [0.1, 0.15) is 25.3 Å². The molecule has 1 unspecified atom stereocenters. The molecule has 0 spiro atoms. The standard InChI is InChI=1S/C16H21ClN2O3/c1-16(15(21)18-9-10-22-2)8-7-14(20)19(16)11-12-3-5-13(17)6-4-12/h3-6H,7-11H2,1-2H3,(H,18,21). The van der Waals surface area contributed by atoms with Crippen molar-refractivity contribution in [2.45, 2.75) is 31.8 Å². The molecule has 2 amide bonds. The first kappa shape index (κ1) is 16.8. The Morgan fingerprint density at radius 1 is 1.41 bits per heavy atom. The molecule has 1 saturated heterocycles. The summed E-state index contributed by atoms with van der Waals surface area (Å²) in [6, 6.07) is 7.31. The van der Waals surface area contributed by atoms with Crippen LogP contribution in [0.15, 0.2) is 24.3 Å². The van der Waals surface area contributed by atoms with Crippen LogP contribution >= 0.6 is 11.6 Å². The number of carbonyl (C=O) groups excluding carboxylic acids is 2. The number of amides is 2. The summed E-state index contributed by atoms with van der Waals surface area (Å²) in [6.07, 6.45) is 0.917. The summed E-state index contributed by atoms with van der Waals surface area (Å²) in [7, 11) is 1.58. The van der Waals surface area contributed by atoms with E-state index in [-0.39, 0.29) is 11.8 Å². The van der Waals surface area contributed by atoms with Gasteiger partial charge in [0.1, 0.15) is 5.54 Å². The van der Waals surface area contributed by atoms with E-state index in [1.165, 1.54) is 0 Å². The second-order valence-electron chi connectivity index (χ2n) is 5.63. The van der Waals surface area contributed by atoms with Crippen LogP contribution in [-0.4, -0.2) is 42.5 Å². The molecular formula is C16H21ClN2O3. The maximum atomic E-state index is 12.5. The summed E-state index contributed by atoms with van der Waals surface area (Å²) in [6.45, 7) is 3.11. The highest BCUT2D eigenvalue weighted by molar-refractivity contribution is 6.30. The molecule has 1 aliphatic rings. The van der Waals surface area contributed by atoms with Crippen molar-refractivity contribution in [1.29, 1.82) is 0 Å². The van der Waals surface area contributed by atoms with Gasteiger partial charge in [0.15, 0.2) is 0 Å². The van der Waals surface area contributed by atoms with Gasteiger partial charge in [-0.15, -0.1) is 0 Å². The van der Waals surface area contributed by atoms with Gasteiger partial charge in [-0.05, 0) is 31.0 Å². The van der Waals surface area contributed by atoms with Gasteiger partial charge in [0.05, 0.1) is 6.61 Å². The van der Waals surface area contributed by atoms with Gasteiger partial charge in [0.2, 0.25) is 11.8 Å². The molecule has 1 aromatic rings. The summed E-state index contributed by atoms with van der Waals surface area (Å²) < 4.78 is 4.93. The number of carbonyl (C=O) groups is 2. The van der Waals surface area contributed by atoms with Crippen molar-refractivity contribution in [2.75, 3.05) is 20.3 Å². The monoisotopic (exact) mass is 324 g/mol. The first-order valence-electron chi connectivity index (χ1n) is 7.29. The van der Waals surface area contributed by atoms with E-state index in [4.69, 9.17) is 16.3 Å². The van der Waals surface area contributed by atoms with Gasteiger partial charge in [0, 0.05) is 31.6 Å². The Bertz CT molecular complexity index is 547. The molecule has 1 N–H and O–H groups in total. The summed E-state index contributed by atoms with van der Waals surface area (Å²) in [5.41, 5.74) is 0.139. The molecule has 0 aliphatic carbocycles. The smallest absolute Gasteiger partial charge is 0.245 e. The van der Waals surface area contributed by atoms with Crippen LogP contribution in [0.25, 0.3) is 0 Å². The first-order chi connectivity index (χ1) is 10.5. The molecule has 0 radical (unpaired) electrons. The van der Waals surface area contributed by atoms with E-state index in [0.717, 1.165) is 5.56 Å². The molecule has 5 nitrogen and oxygen atoms in total. The highest BCUT2D eigenvalue weighted by Gasteiger charge is 2.46. The number of methoxy groups -OCH3 is 1. The fraction of sp³-hybridized carbons (Fsp3) is 0.500. The van der Waals surface area contributed by atoms with E-state index in [1.54, 1.807) is 24.1 Å². The zero-order valence-corrected chi connectivity index (χ0v) is 13.7. The van der Waals surface area contributed by atoms with Gasteiger partial charge in [-0.3, -0.25) is 9.59 Å². The molecule has 1 heterocycles. The fourth-order valence-corrected chi connectivity index (χ4v) is 2.75. The number of ether oxygens (including phenoxy) is 1. The van der Waals surface area contributed by atoms with Crippen LogP contribution in [0.4, 0.5) is 0 Å². The first-order valence-corrected chi connectivity index (χ1v) is 7.67. The Balaban J connectivity index is 2.10. The Kier molecular flexibility index (Phi) is 5.42. The molecule has 2 rings (SSSR count). The molecule has 1 fully saturated rings. The fourth-order valence-electron chi connectivity index (χ4n) is 2.62. The lowest BCUT2D eigenvalue weighted by molar-refractivity contribution is -0.141. The lowest BCUT2D eigenvalue weighted by atomic mass is 9.97. The van der Waals surface area contributed by atoms with Crippen molar-refractivity contribution in [3.05, 3.63) is 34.9 Å². The lowest BCUT2D eigenvalue weighted by Crippen LogP contribution is -2.54. The quantitative estimate of drug-likeness (QED) is 0.814. The lowest BCUT2D eigenvalue weighted by Gasteiger charge is -2.34. The molecule has 1 aliphatic heterocycles. The van der Waals surface area contributed by atoms with Crippen LogP contribution in [0, 0.1) is 0 Å². The molecule has 6 heteroatoms. The van der Waals surface area contributed by atoms with Gasteiger partial charge in [-0.2, -0.15) is 0 Å². The summed E-state index contributed by atoms with van der Waals surface area (Å²) >= 11 is 5.88. The third kappa shape index (κ3) is 3.59. The molecule has 0 bridgehead atoms. The van der Waals surface area contributed by atoms with Crippen molar-refractivity contribution < 1.29 is 14.3 Å². The Morgan fingerprint density at radius 2 is 2.09 bits per heavy atom.